The molecule has 5 nitrogen and oxygen atoms in total. The summed E-state index contributed by atoms with van der Waals surface area (Å²) in [5.74, 6) is 0.0133. The number of ether oxygens (including phenoxy) is 1. The summed E-state index contributed by atoms with van der Waals surface area (Å²) in [5, 5.41) is 4.06. The quantitative estimate of drug-likeness (QED) is 0.403. The fourth-order valence-electron chi connectivity index (χ4n) is 3.61. The lowest BCUT2D eigenvalue weighted by molar-refractivity contribution is -0.142. The number of carbonyl (C=O) groups is 2. The Balaban J connectivity index is 1.89. The molecule has 178 valence electrons. The van der Waals surface area contributed by atoms with E-state index in [9.17, 15) is 9.59 Å². The van der Waals surface area contributed by atoms with Crippen LogP contribution in [-0.2, 0) is 22.6 Å². The van der Waals surface area contributed by atoms with E-state index in [1.807, 2.05) is 56.3 Å². The van der Waals surface area contributed by atoms with Crippen molar-refractivity contribution in [1.82, 2.24) is 10.2 Å². The number of hydrogen-bond donors (Lipinski definition) is 1. The number of halogens is 2. The highest BCUT2D eigenvalue weighted by Crippen LogP contribution is 2.22. The van der Waals surface area contributed by atoms with Crippen LogP contribution in [0.3, 0.4) is 0 Å². The van der Waals surface area contributed by atoms with Gasteiger partial charge in [0.1, 0.15) is 11.8 Å². The molecule has 3 aromatic rings. The Kier molecular flexibility index (Phi) is 9.37. The van der Waals surface area contributed by atoms with E-state index in [4.69, 9.17) is 27.9 Å². The van der Waals surface area contributed by atoms with Crippen LogP contribution < -0.4 is 10.1 Å². The average Bonchev–Trinajstić information content (AvgIpc) is 2.82. The van der Waals surface area contributed by atoms with Crippen molar-refractivity contribution in [2.24, 2.45) is 0 Å². The van der Waals surface area contributed by atoms with Gasteiger partial charge in [-0.1, -0.05) is 65.7 Å². The van der Waals surface area contributed by atoms with Crippen molar-refractivity contribution >= 4 is 35.0 Å². The van der Waals surface area contributed by atoms with E-state index >= 15 is 0 Å². The van der Waals surface area contributed by atoms with E-state index in [1.165, 1.54) is 0 Å². The topological polar surface area (TPSA) is 58.6 Å². The first kappa shape index (κ1) is 25.6. The summed E-state index contributed by atoms with van der Waals surface area (Å²) in [5.41, 5.74) is 2.63. The third-order valence-electron chi connectivity index (χ3n) is 5.36. The van der Waals surface area contributed by atoms with Gasteiger partial charge in [-0.2, -0.15) is 0 Å². The van der Waals surface area contributed by atoms with Gasteiger partial charge in [0.05, 0.1) is 0 Å². The van der Waals surface area contributed by atoms with E-state index in [0.29, 0.717) is 28.8 Å². The summed E-state index contributed by atoms with van der Waals surface area (Å²) in [6.07, 6.45) is 0.374. The number of likely N-dealkylation sites (N-methyl/N-ethyl adjacent to an activating group) is 1. The van der Waals surface area contributed by atoms with Gasteiger partial charge in [0.15, 0.2) is 6.61 Å². The first-order valence-corrected chi connectivity index (χ1v) is 11.9. The van der Waals surface area contributed by atoms with Crippen LogP contribution in [0, 0.1) is 6.92 Å². The molecule has 1 atom stereocenters. The first-order chi connectivity index (χ1) is 16.4. The molecule has 0 fully saturated rings. The SMILES string of the molecule is CCNC(=O)[C@@H](Cc1ccccc1)N(Cc1cccc(Cl)c1)C(=O)COc1ccc(Cl)c(C)c1. The van der Waals surface area contributed by atoms with Crippen molar-refractivity contribution in [3.63, 3.8) is 0 Å². The molecule has 0 aromatic heterocycles. The van der Waals surface area contributed by atoms with Crippen LogP contribution in [0.1, 0.15) is 23.6 Å². The van der Waals surface area contributed by atoms with Crippen LogP contribution in [-0.4, -0.2) is 35.9 Å². The Bertz CT molecular complexity index is 1120. The van der Waals surface area contributed by atoms with Gasteiger partial charge >= 0.3 is 0 Å². The van der Waals surface area contributed by atoms with E-state index in [1.54, 1.807) is 35.2 Å². The second kappa shape index (κ2) is 12.4. The fraction of sp³-hybridized carbons (Fsp3) is 0.259. The maximum absolute atomic E-state index is 13.5. The molecular formula is C27H28Cl2N2O3. The number of nitrogens with zero attached hydrogens (tertiary/aromatic N) is 1. The minimum absolute atomic E-state index is 0.216. The maximum Gasteiger partial charge on any atom is 0.261 e. The number of carbonyl (C=O) groups excluding carboxylic acids is 2. The van der Waals surface area contributed by atoms with Gasteiger partial charge in [0.25, 0.3) is 5.91 Å². The van der Waals surface area contributed by atoms with Crippen LogP contribution >= 0.6 is 23.2 Å². The molecule has 0 saturated carbocycles. The van der Waals surface area contributed by atoms with Crippen LogP contribution in [0.4, 0.5) is 0 Å². The van der Waals surface area contributed by atoms with Crippen LogP contribution in [0.15, 0.2) is 72.8 Å². The molecule has 0 heterocycles. The van der Waals surface area contributed by atoms with Gasteiger partial charge < -0.3 is 15.0 Å². The second-order valence-corrected chi connectivity index (χ2v) is 8.79. The highest BCUT2D eigenvalue weighted by atomic mass is 35.5. The monoisotopic (exact) mass is 498 g/mol. The molecule has 2 amide bonds. The lowest BCUT2D eigenvalue weighted by atomic mass is 10.0. The van der Waals surface area contributed by atoms with Gasteiger partial charge in [-0.05, 0) is 60.9 Å². The van der Waals surface area contributed by atoms with Gasteiger partial charge in [-0.15, -0.1) is 0 Å². The summed E-state index contributed by atoms with van der Waals surface area (Å²) in [6, 6.07) is 21.4. The van der Waals surface area contributed by atoms with Gasteiger partial charge in [0.2, 0.25) is 5.91 Å². The number of hydrogen-bond acceptors (Lipinski definition) is 3. The largest absolute Gasteiger partial charge is 0.484 e. The average molecular weight is 499 g/mol. The molecule has 1 N–H and O–H groups in total. The lowest BCUT2D eigenvalue weighted by Crippen LogP contribution is -2.51. The Morgan fingerprint density at radius 1 is 0.971 bits per heavy atom. The van der Waals surface area contributed by atoms with Crippen molar-refractivity contribution in [1.29, 1.82) is 0 Å². The number of amides is 2. The third-order valence-corrected chi connectivity index (χ3v) is 6.01. The highest BCUT2D eigenvalue weighted by molar-refractivity contribution is 6.31. The molecule has 0 aliphatic rings. The zero-order valence-corrected chi connectivity index (χ0v) is 20.8. The smallest absolute Gasteiger partial charge is 0.261 e. The summed E-state index contributed by atoms with van der Waals surface area (Å²) >= 11 is 12.3. The third kappa shape index (κ3) is 7.24. The predicted octanol–water partition coefficient (Wildman–Crippen LogP) is 5.46. The van der Waals surface area contributed by atoms with Crippen molar-refractivity contribution in [3.8, 4) is 5.75 Å². The van der Waals surface area contributed by atoms with Crippen molar-refractivity contribution in [2.75, 3.05) is 13.2 Å². The highest BCUT2D eigenvalue weighted by Gasteiger charge is 2.30. The number of benzene rings is 3. The summed E-state index contributed by atoms with van der Waals surface area (Å²) in [6.45, 7) is 4.19. The minimum Gasteiger partial charge on any atom is -0.484 e. The molecular weight excluding hydrogens is 471 g/mol. The van der Waals surface area contributed by atoms with E-state index in [2.05, 4.69) is 5.32 Å². The molecule has 3 rings (SSSR count). The van der Waals surface area contributed by atoms with Gasteiger partial charge in [0, 0.05) is 29.6 Å². The number of nitrogens with one attached hydrogen (secondary N) is 1. The molecule has 7 heteroatoms. The molecule has 0 bridgehead atoms. The van der Waals surface area contributed by atoms with E-state index in [-0.39, 0.29) is 25.0 Å². The molecule has 0 saturated heterocycles. The van der Waals surface area contributed by atoms with Crippen LogP contribution in [0.2, 0.25) is 10.0 Å². The Morgan fingerprint density at radius 3 is 2.38 bits per heavy atom. The molecule has 0 aliphatic carbocycles. The summed E-state index contributed by atoms with van der Waals surface area (Å²) < 4.78 is 5.78. The van der Waals surface area contributed by atoms with E-state index < -0.39 is 6.04 Å². The normalized spacial score (nSPS) is 11.5. The van der Waals surface area contributed by atoms with Crippen molar-refractivity contribution in [2.45, 2.75) is 32.9 Å². The number of aryl methyl sites for hydroxylation is 1. The number of rotatable bonds is 10. The van der Waals surface area contributed by atoms with Crippen LogP contribution in [0.25, 0.3) is 0 Å². The summed E-state index contributed by atoms with van der Waals surface area (Å²) in [4.78, 5) is 28.1. The summed E-state index contributed by atoms with van der Waals surface area (Å²) in [7, 11) is 0. The van der Waals surface area contributed by atoms with Crippen molar-refractivity contribution < 1.29 is 14.3 Å². The fourth-order valence-corrected chi connectivity index (χ4v) is 3.94. The minimum atomic E-state index is -0.718. The second-order valence-electron chi connectivity index (χ2n) is 7.95. The molecule has 0 aliphatic heterocycles. The van der Waals surface area contributed by atoms with Gasteiger partial charge in [-0.25, -0.2) is 0 Å². The molecule has 0 radical (unpaired) electrons. The zero-order valence-electron chi connectivity index (χ0n) is 19.3. The van der Waals surface area contributed by atoms with Gasteiger partial charge in [-0.3, -0.25) is 9.59 Å². The predicted molar refractivity (Wildman–Crippen MR) is 136 cm³/mol. The lowest BCUT2D eigenvalue weighted by Gasteiger charge is -2.31. The standard InChI is InChI=1S/C27H28Cl2N2O3/c1-3-30-27(33)25(16-20-8-5-4-6-9-20)31(17-21-10-7-11-22(28)15-21)26(32)18-34-23-12-13-24(29)19(2)14-23/h4-15,25H,3,16-18H2,1-2H3,(H,30,33)/t25-/m1/s1. The zero-order chi connectivity index (χ0) is 24.5. The van der Waals surface area contributed by atoms with Crippen molar-refractivity contribution in [3.05, 3.63) is 99.5 Å². The Hall–Kier alpha value is -3.02. The first-order valence-electron chi connectivity index (χ1n) is 11.1. The molecule has 0 unspecified atom stereocenters. The Labute approximate surface area is 210 Å². The Morgan fingerprint density at radius 2 is 1.71 bits per heavy atom. The molecule has 0 spiro atoms. The van der Waals surface area contributed by atoms with E-state index in [0.717, 1.165) is 16.7 Å². The maximum atomic E-state index is 13.5. The molecule has 34 heavy (non-hydrogen) atoms. The molecule has 3 aromatic carbocycles. The van der Waals surface area contributed by atoms with Crippen LogP contribution in [0.5, 0.6) is 5.75 Å².